The van der Waals surface area contributed by atoms with Crippen LogP contribution in [0.25, 0.3) is 10.8 Å². The van der Waals surface area contributed by atoms with Crippen molar-refractivity contribution in [1.82, 2.24) is 10.2 Å². The molecule has 3 aromatic carbocycles. The van der Waals surface area contributed by atoms with E-state index in [0.29, 0.717) is 37.5 Å². The predicted octanol–water partition coefficient (Wildman–Crippen LogP) is 3.71. The fraction of sp³-hybridized carbons (Fsp3) is 0.333. The molecular formula is C27H31N3O4. The average Bonchev–Trinajstić information content (AvgIpc) is 2.86. The Labute approximate surface area is 200 Å². The Hall–Kier alpha value is -3.74. The van der Waals surface area contributed by atoms with Gasteiger partial charge in [-0.1, -0.05) is 36.4 Å². The van der Waals surface area contributed by atoms with Crippen LogP contribution in [0.5, 0.6) is 11.5 Å². The maximum Gasteiger partial charge on any atom is 0.258 e. The molecule has 0 radical (unpaired) electrons. The van der Waals surface area contributed by atoms with Gasteiger partial charge in [0.25, 0.3) is 11.8 Å². The third kappa shape index (κ3) is 5.25. The molecule has 7 nitrogen and oxygen atoms in total. The van der Waals surface area contributed by atoms with Gasteiger partial charge in [-0.3, -0.25) is 9.59 Å². The van der Waals surface area contributed by atoms with Crippen LogP contribution in [0, 0.1) is 0 Å². The van der Waals surface area contributed by atoms with Gasteiger partial charge in [0, 0.05) is 32.2 Å². The van der Waals surface area contributed by atoms with Crippen LogP contribution in [-0.4, -0.2) is 62.7 Å². The number of piperazine rings is 1. The Morgan fingerprint density at radius 1 is 0.912 bits per heavy atom. The summed E-state index contributed by atoms with van der Waals surface area (Å²) in [4.78, 5) is 29.8. The first-order chi connectivity index (χ1) is 16.5. The molecule has 7 heteroatoms. The first-order valence-electron chi connectivity index (χ1n) is 11.6. The zero-order valence-corrected chi connectivity index (χ0v) is 19.9. The number of nitrogens with zero attached hydrogens (tertiary/aromatic N) is 2. The fourth-order valence-corrected chi connectivity index (χ4v) is 4.22. The number of fused-ring (bicyclic) bond motifs is 1. The van der Waals surface area contributed by atoms with E-state index in [0.717, 1.165) is 22.2 Å². The Morgan fingerprint density at radius 2 is 1.56 bits per heavy atom. The largest absolute Gasteiger partial charge is 0.495 e. The number of para-hydroxylation sites is 2. The summed E-state index contributed by atoms with van der Waals surface area (Å²) in [6.45, 7) is 6.22. The van der Waals surface area contributed by atoms with Crippen LogP contribution in [0.1, 0.15) is 24.2 Å². The first kappa shape index (κ1) is 23.4. The molecule has 0 aliphatic carbocycles. The summed E-state index contributed by atoms with van der Waals surface area (Å²) >= 11 is 0. The number of ether oxygens (including phenoxy) is 2. The SMILES string of the molecule is COc1ccccc1N1CCN(C(=O)c2cc3ccccc3cc2OCC(=O)NC(C)C)CC1. The quantitative estimate of drug-likeness (QED) is 0.581. The van der Waals surface area contributed by atoms with Crippen molar-refractivity contribution in [3.05, 3.63) is 66.2 Å². The van der Waals surface area contributed by atoms with Crippen LogP contribution in [0.2, 0.25) is 0 Å². The van der Waals surface area contributed by atoms with Crippen LogP contribution < -0.4 is 19.7 Å². The molecule has 1 N–H and O–H groups in total. The highest BCUT2D eigenvalue weighted by Crippen LogP contribution is 2.30. The van der Waals surface area contributed by atoms with Gasteiger partial charge in [0.2, 0.25) is 0 Å². The maximum atomic E-state index is 13.6. The van der Waals surface area contributed by atoms with Crippen LogP contribution in [-0.2, 0) is 4.79 Å². The van der Waals surface area contributed by atoms with E-state index in [4.69, 9.17) is 9.47 Å². The molecule has 1 aliphatic heterocycles. The van der Waals surface area contributed by atoms with Gasteiger partial charge in [0.05, 0.1) is 18.4 Å². The van der Waals surface area contributed by atoms with Gasteiger partial charge in [-0.25, -0.2) is 0 Å². The van der Waals surface area contributed by atoms with Crippen LogP contribution in [0.3, 0.4) is 0 Å². The lowest BCUT2D eigenvalue weighted by molar-refractivity contribution is -0.123. The van der Waals surface area contributed by atoms with Crippen molar-refractivity contribution in [2.24, 2.45) is 0 Å². The van der Waals surface area contributed by atoms with Gasteiger partial charge >= 0.3 is 0 Å². The van der Waals surface area contributed by atoms with Gasteiger partial charge in [-0.05, 0) is 48.9 Å². The number of amides is 2. The molecule has 0 atom stereocenters. The molecular weight excluding hydrogens is 430 g/mol. The second-order valence-corrected chi connectivity index (χ2v) is 8.66. The summed E-state index contributed by atoms with van der Waals surface area (Å²) in [5.41, 5.74) is 1.50. The van der Waals surface area contributed by atoms with Gasteiger partial charge in [-0.15, -0.1) is 0 Å². The molecule has 1 heterocycles. The second kappa shape index (κ2) is 10.5. The van der Waals surface area contributed by atoms with Crippen molar-refractivity contribution in [2.75, 3.05) is 44.8 Å². The highest BCUT2D eigenvalue weighted by Gasteiger charge is 2.26. The lowest BCUT2D eigenvalue weighted by Gasteiger charge is -2.36. The molecule has 34 heavy (non-hydrogen) atoms. The Kier molecular flexibility index (Phi) is 7.21. The van der Waals surface area contributed by atoms with Crippen molar-refractivity contribution in [3.63, 3.8) is 0 Å². The number of methoxy groups -OCH3 is 1. The van der Waals surface area contributed by atoms with Gasteiger partial charge in [-0.2, -0.15) is 0 Å². The Morgan fingerprint density at radius 3 is 2.24 bits per heavy atom. The molecule has 1 fully saturated rings. The number of nitrogens with one attached hydrogen (secondary N) is 1. The van der Waals surface area contributed by atoms with E-state index >= 15 is 0 Å². The number of benzene rings is 3. The van der Waals surface area contributed by atoms with Crippen molar-refractivity contribution >= 4 is 28.3 Å². The van der Waals surface area contributed by atoms with Crippen molar-refractivity contribution in [2.45, 2.75) is 19.9 Å². The number of hydrogen-bond donors (Lipinski definition) is 1. The molecule has 0 unspecified atom stereocenters. The van der Waals surface area contributed by atoms with E-state index in [1.54, 1.807) is 7.11 Å². The molecule has 3 aromatic rings. The minimum absolute atomic E-state index is 0.0216. The number of hydrogen-bond acceptors (Lipinski definition) is 5. The molecule has 2 amide bonds. The summed E-state index contributed by atoms with van der Waals surface area (Å²) in [6, 6.07) is 19.5. The van der Waals surface area contributed by atoms with Gasteiger partial charge in [0.15, 0.2) is 6.61 Å². The van der Waals surface area contributed by atoms with Crippen LogP contribution in [0.15, 0.2) is 60.7 Å². The lowest BCUT2D eigenvalue weighted by Crippen LogP contribution is -2.49. The van der Waals surface area contributed by atoms with E-state index in [2.05, 4.69) is 10.2 Å². The normalized spacial score (nSPS) is 13.8. The van der Waals surface area contributed by atoms with Crippen LogP contribution in [0.4, 0.5) is 5.69 Å². The average molecular weight is 462 g/mol. The highest BCUT2D eigenvalue weighted by molar-refractivity contribution is 6.02. The molecule has 4 rings (SSSR count). The van der Waals surface area contributed by atoms with E-state index < -0.39 is 0 Å². The van der Waals surface area contributed by atoms with Crippen LogP contribution >= 0.6 is 0 Å². The molecule has 0 spiro atoms. The van der Waals surface area contributed by atoms with E-state index in [9.17, 15) is 9.59 Å². The standard InChI is InChI=1S/C27H31N3O4/c1-19(2)28-26(31)18-34-25-17-21-9-5-4-8-20(21)16-22(25)27(32)30-14-12-29(13-15-30)23-10-6-7-11-24(23)33-3/h4-11,16-17,19H,12-15,18H2,1-3H3,(H,28,31). The second-order valence-electron chi connectivity index (χ2n) is 8.66. The highest BCUT2D eigenvalue weighted by atomic mass is 16.5. The molecule has 1 saturated heterocycles. The van der Waals surface area contributed by atoms with Gasteiger partial charge < -0.3 is 24.6 Å². The molecule has 1 aliphatic rings. The smallest absolute Gasteiger partial charge is 0.258 e. The predicted molar refractivity (Wildman–Crippen MR) is 134 cm³/mol. The number of rotatable bonds is 7. The third-order valence-electron chi connectivity index (χ3n) is 5.88. The van der Waals surface area contributed by atoms with Crippen molar-refractivity contribution in [3.8, 4) is 11.5 Å². The summed E-state index contributed by atoms with van der Waals surface area (Å²) in [5.74, 6) is 0.943. The molecule has 0 bridgehead atoms. The fourth-order valence-electron chi connectivity index (χ4n) is 4.22. The van der Waals surface area contributed by atoms with E-state index in [1.165, 1.54) is 0 Å². The maximum absolute atomic E-state index is 13.6. The van der Waals surface area contributed by atoms with E-state index in [-0.39, 0.29) is 24.5 Å². The van der Waals surface area contributed by atoms with Gasteiger partial charge in [0.1, 0.15) is 11.5 Å². The number of anilines is 1. The van der Waals surface area contributed by atoms with E-state index in [1.807, 2.05) is 79.4 Å². The monoisotopic (exact) mass is 461 g/mol. The minimum atomic E-state index is -0.216. The Bertz CT molecular complexity index is 1170. The summed E-state index contributed by atoms with van der Waals surface area (Å²) in [7, 11) is 1.67. The number of carbonyl (C=O) groups is 2. The summed E-state index contributed by atoms with van der Waals surface area (Å²) in [5, 5.41) is 4.73. The topological polar surface area (TPSA) is 71.1 Å². The minimum Gasteiger partial charge on any atom is -0.495 e. The Balaban J connectivity index is 1.52. The summed E-state index contributed by atoms with van der Waals surface area (Å²) in [6.07, 6.45) is 0. The zero-order valence-electron chi connectivity index (χ0n) is 19.9. The van der Waals surface area contributed by atoms with Crippen molar-refractivity contribution < 1.29 is 19.1 Å². The molecule has 0 saturated carbocycles. The lowest BCUT2D eigenvalue weighted by atomic mass is 10.0. The molecule has 178 valence electrons. The summed E-state index contributed by atoms with van der Waals surface area (Å²) < 4.78 is 11.4. The first-order valence-corrected chi connectivity index (χ1v) is 11.6. The van der Waals surface area contributed by atoms with Crippen molar-refractivity contribution in [1.29, 1.82) is 0 Å². The zero-order chi connectivity index (χ0) is 24.1. The third-order valence-corrected chi connectivity index (χ3v) is 5.88. The number of carbonyl (C=O) groups excluding carboxylic acids is 2. The molecule has 0 aromatic heterocycles.